The maximum atomic E-state index is 12.5. The van der Waals surface area contributed by atoms with Crippen LogP contribution in [0.5, 0.6) is 5.75 Å². The number of benzene rings is 2. The number of hydrogen-bond acceptors (Lipinski definition) is 5. The van der Waals surface area contributed by atoms with Crippen molar-refractivity contribution in [2.24, 2.45) is 5.41 Å². The molecule has 0 bridgehead atoms. The van der Waals surface area contributed by atoms with Crippen molar-refractivity contribution in [2.45, 2.75) is 101 Å². The van der Waals surface area contributed by atoms with Gasteiger partial charge in [0.1, 0.15) is 5.75 Å². The number of aliphatic hydroxyl groups excluding tert-OH is 2. The van der Waals surface area contributed by atoms with Gasteiger partial charge in [-0.2, -0.15) is 0 Å². The second-order valence-corrected chi connectivity index (χ2v) is 10.2. The maximum absolute atomic E-state index is 12.5. The fraction of sp³-hybridized carbons (Fsp3) is 0.533. The number of hydrogen-bond donors (Lipinski definition) is 2. The smallest absolute Gasteiger partial charge is 0.385 e. The van der Waals surface area contributed by atoms with Gasteiger partial charge >= 0.3 is 5.97 Å². The lowest BCUT2D eigenvalue weighted by Gasteiger charge is -2.35. The monoisotopic (exact) mass is 484 g/mol. The Kier molecular flexibility index (Phi) is 11.3. The molecule has 0 aromatic heterocycles. The fourth-order valence-electron chi connectivity index (χ4n) is 4.43. The highest BCUT2D eigenvalue weighted by atomic mass is 16.5. The molecule has 35 heavy (non-hydrogen) atoms. The lowest BCUT2D eigenvalue weighted by atomic mass is 9.76. The molecule has 0 heterocycles. The Balaban J connectivity index is 0.000000434. The Morgan fingerprint density at radius 2 is 1.23 bits per heavy atom. The summed E-state index contributed by atoms with van der Waals surface area (Å²) in [6.45, 7) is 18.9. The van der Waals surface area contributed by atoms with Gasteiger partial charge in [-0.05, 0) is 84.1 Å². The zero-order valence-electron chi connectivity index (χ0n) is 23.2. The third-order valence-corrected chi connectivity index (χ3v) is 6.87. The van der Waals surface area contributed by atoms with Crippen LogP contribution in [0.4, 0.5) is 0 Å². The summed E-state index contributed by atoms with van der Waals surface area (Å²) >= 11 is 0. The second kappa shape index (κ2) is 13.0. The standard InChI is InChI=1S/C20H22O3.C10H22O2/c1-11-7-13(3)17(14(4)8-11)18(21)20(22)23-19-15(5)9-12(2)10-16(19)6;1-5-6-7-10(4,8(2)11)9(3)12/h7-10H,1-6H3;8-9,11-12H,5-7H2,1-4H3. The molecule has 0 fully saturated rings. The molecule has 194 valence electrons. The summed E-state index contributed by atoms with van der Waals surface area (Å²) in [5, 5.41) is 19.0. The van der Waals surface area contributed by atoms with Crippen LogP contribution in [-0.2, 0) is 4.79 Å². The summed E-state index contributed by atoms with van der Waals surface area (Å²) in [6, 6.07) is 7.66. The quantitative estimate of drug-likeness (QED) is 0.200. The number of ketones is 1. The van der Waals surface area contributed by atoms with Gasteiger partial charge in [0.25, 0.3) is 5.78 Å². The molecule has 2 aromatic carbocycles. The zero-order chi connectivity index (χ0) is 27.1. The zero-order valence-corrected chi connectivity index (χ0v) is 23.2. The third kappa shape index (κ3) is 8.01. The van der Waals surface area contributed by atoms with E-state index in [9.17, 15) is 19.8 Å². The maximum Gasteiger partial charge on any atom is 0.385 e. The number of ether oxygens (including phenoxy) is 1. The molecule has 0 saturated heterocycles. The van der Waals surface area contributed by atoms with Crippen molar-refractivity contribution in [1.82, 2.24) is 0 Å². The van der Waals surface area contributed by atoms with E-state index in [0.717, 1.165) is 52.6 Å². The largest absolute Gasteiger partial charge is 0.420 e. The summed E-state index contributed by atoms with van der Waals surface area (Å²) in [5.41, 5.74) is 5.54. The molecule has 0 aliphatic rings. The van der Waals surface area contributed by atoms with E-state index in [1.54, 1.807) is 13.8 Å². The van der Waals surface area contributed by atoms with E-state index in [-0.39, 0.29) is 5.41 Å². The highest BCUT2D eigenvalue weighted by molar-refractivity contribution is 6.41. The van der Waals surface area contributed by atoms with Crippen LogP contribution in [0.15, 0.2) is 24.3 Å². The van der Waals surface area contributed by atoms with Crippen LogP contribution >= 0.6 is 0 Å². The molecule has 2 N–H and O–H groups in total. The van der Waals surface area contributed by atoms with E-state index >= 15 is 0 Å². The molecule has 0 amide bonds. The van der Waals surface area contributed by atoms with Crippen molar-refractivity contribution < 1.29 is 24.5 Å². The van der Waals surface area contributed by atoms with E-state index in [2.05, 4.69) is 6.92 Å². The van der Waals surface area contributed by atoms with Gasteiger partial charge in [0.2, 0.25) is 0 Å². The van der Waals surface area contributed by atoms with E-state index in [1.807, 2.05) is 72.7 Å². The van der Waals surface area contributed by atoms with Crippen molar-refractivity contribution in [3.63, 3.8) is 0 Å². The number of aryl methyl sites for hydroxylation is 6. The predicted octanol–water partition coefficient (Wildman–Crippen LogP) is 6.27. The Labute approximate surface area is 211 Å². The lowest BCUT2D eigenvalue weighted by molar-refractivity contribution is -0.129. The minimum absolute atomic E-state index is 0.337. The van der Waals surface area contributed by atoms with Crippen LogP contribution in [0.3, 0.4) is 0 Å². The molecule has 5 nitrogen and oxygen atoms in total. The topological polar surface area (TPSA) is 83.8 Å². The van der Waals surface area contributed by atoms with Crippen LogP contribution in [-0.4, -0.2) is 34.2 Å². The summed E-state index contributed by atoms with van der Waals surface area (Å²) < 4.78 is 5.40. The van der Waals surface area contributed by atoms with Gasteiger partial charge in [-0.1, -0.05) is 62.1 Å². The van der Waals surface area contributed by atoms with Crippen LogP contribution in [0.1, 0.15) is 90.7 Å². The molecule has 2 rings (SSSR count). The first-order chi connectivity index (χ1) is 16.1. The van der Waals surface area contributed by atoms with Crippen LogP contribution in [0.25, 0.3) is 0 Å². The van der Waals surface area contributed by atoms with Gasteiger partial charge < -0.3 is 14.9 Å². The number of carbonyl (C=O) groups is 2. The normalized spacial score (nSPS) is 14.3. The first-order valence-corrected chi connectivity index (χ1v) is 12.4. The van der Waals surface area contributed by atoms with Gasteiger partial charge in [0.05, 0.1) is 12.2 Å². The van der Waals surface area contributed by atoms with E-state index in [0.29, 0.717) is 11.3 Å². The molecular formula is C30H44O5. The van der Waals surface area contributed by atoms with E-state index in [1.165, 1.54) is 0 Å². The molecule has 0 aliphatic carbocycles. The molecule has 2 unspecified atom stereocenters. The minimum Gasteiger partial charge on any atom is -0.420 e. The Morgan fingerprint density at radius 3 is 1.60 bits per heavy atom. The summed E-state index contributed by atoms with van der Waals surface area (Å²) in [7, 11) is 0. The number of esters is 1. The number of unbranched alkanes of at least 4 members (excludes halogenated alkanes) is 1. The van der Waals surface area contributed by atoms with Crippen molar-refractivity contribution in [3.05, 3.63) is 63.2 Å². The van der Waals surface area contributed by atoms with Crippen molar-refractivity contribution >= 4 is 11.8 Å². The molecule has 5 heteroatoms. The highest BCUT2D eigenvalue weighted by Crippen LogP contribution is 2.32. The summed E-state index contributed by atoms with van der Waals surface area (Å²) in [5.74, 6) is -0.967. The molecule has 0 radical (unpaired) electrons. The molecule has 2 atom stereocenters. The van der Waals surface area contributed by atoms with Crippen LogP contribution in [0.2, 0.25) is 0 Å². The van der Waals surface area contributed by atoms with Crippen molar-refractivity contribution in [3.8, 4) is 5.75 Å². The summed E-state index contributed by atoms with van der Waals surface area (Å²) in [4.78, 5) is 24.8. The second-order valence-electron chi connectivity index (χ2n) is 10.2. The molecule has 0 aliphatic heterocycles. The molecule has 2 aromatic rings. The Bertz CT molecular complexity index is 979. The van der Waals surface area contributed by atoms with Gasteiger partial charge in [-0.15, -0.1) is 0 Å². The lowest BCUT2D eigenvalue weighted by Crippen LogP contribution is -2.39. The third-order valence-electron chi connectivity index (χ3n) is 6.87. The first-order valence-electron chi connectivity index (χ1n) is 12.4. The Morgan fingerprint density at radius 1 is 0.829 bits per heavy atom. The van der Waals surface area contributed by atoms with Crippen LogP contribution in [0, 0.1) is 47.0 Å². The van der Waals surface area contributed by atoms with Gasteiger partial charge in [-0.3, -0.25) is 4.79 Å². The van der Waals surface area contributed by atoms with E-state index in [4.69, 9.17) is 4.74 Å². The Hall–Kier alpha value is -2.50. The van der Waals surface area contributed by atoms with E-state index < -0.39 is 24.0 Å². The minimum atomic E-state index is -0.838. The van der Waals surface area contributed by atoms with Gasteiger partial charge in [0, 0.05) is 11.0 Å². The number of rotatable bonds is 8. The highest BCUT2D eigenvalue weighted by Gasteiger charge is 2.34. The summed E-state index contributed by atoms with van der Waals surface area (Å²) in [6.07, 6.45) is 2.17. The average Bonchev–Trinajstić information content (AvgIpc) is 2.73. The average molecular weight is 485 g/mol. The predicted molar refractivity (Wildman–Crippen MR) is 142 cm³/mol. The molecular weight excluding hydrogens is 440 g/mol. The number of Topliss-reactive ketones (excluding diaryl/α,β-unsaturated/α-hetero) is 1. The molecule has 0 spiro atoms. The van der Waals surface area contributed by atoms with Gasteiger partial charge in [0.15, 0.2) is 0 Å². The SMILES string of the molecule is CCCCC(C)(C(C)O)C(C)O.Cc1cc(C)c(OC(=O)C(=O)c2c(C)cc(C)cc2C)c(C)c1. The number of aliphatic hydroxyl groups is 2. The van der Waals surface area contributed by atoms with Crippen molar-refractivity contribution in [1.29, 1.82) is 0 Å². The molecule has 0 saturated carbocycles. The number of carbonyl (C=O) groups excluding carboxylic acids is 2. The van der Waals surface area contributed by atoms with Gasteiger partial charge in [-0.25, -0.2) is 4.79 Å². The van der Waals surface area contributed by atoms with Crippen LogP contribution < -0.4 is 4.74 Å². The fourth-order valence-corrected chi connectivity index (χ4v) is 4.43. The first kappa shape index (κ1) is 30.5. The van der Waals surface area contributed by atoms with Crippen molar-refractivity contribution in [2.75, 3.05) is 0 Å².